The zero-order valence-corrected chi connectivity index (χ0v) is 22.3. The molecule has 0 spiro atoms. The van der Waals surface area contributed by atoms with Crippen molar-refractivity contribution in [2.45, 2.75) is 57.9 Å². The van der Waals surface area contributed by atoms with E-state index in [9.17, 15) is 8.77 Å². The van der Waals surface area contributed by atoms with Crippen LogP contribution in [0, 0.1) is 6.92 Å². The van der Waals surface area contributed by atoms with Gasteiger partial charge in [0.25, 0.3) is 0 Å². The van der Waals surface area contributed by atoms with Gasteiger partial charge in [-0.15, -0.1) is 0 Å². The normalized spacial score (nSPS) is 20.2. The molecule has 182 valence electrons. The summed E-state index contributed by atoms with van der Waals surface area (Å²) in [6, 6.07) is 18.1. The molecule has 2 aromatic carbocycles. The lowest BCUT2D eigenvalue weighted by Crippen LogP contribution is -2.47. The van der Waals surface area contributed by atoms with Crippen LogP contribution in [0.4, 0.5) is 0 Å². The van der Waals surface area contributed by atoms with E-state index in [4.69, 9.17) is 0 Å². The Hall–Kier alpha value is -1.34. The minimum atomic E-state index is -3.05. The quantitative estimate of drug-likeness (QED) is 0.326. The molecular formula is C25H39N4O2PS. The van der Waals surface area contributed by atoms with E-state index >= 15 is 0 Å². The van der Waals surface area contributed by atoms with Crippen molar-refractivity contribution < 1.29 is 8.77 Å². The fraction of sp³-hybridized carbons (Fsp3) is 0.520. The Morgan fingerprint density at radius 3 is 2.03 bits per heavy atom. The molecule has 0 aliphatic carbocycles. The number of nitrogens with zero attached hydrogens (tertiary/aromatic N) is 3. The van der Waals surface area contributed by atoms with Gasteiger partial charge in [-0.3, -0.25) is 9.46 Å². The lowest BCUT2D eigenvalue weighted by atomic mass is 10.2. The van der Waals surface area contributed by atoms with Gasteiger partial charge in [0.05, 0.1) is 4.90 Å². The van der Waals surface area contributed by atoms with Gasteiger partial charge in [-0.2, -0.15) is 0 Å². The Morgan fingerprint density at radius 1 is 0.970 bits per heavy atom. The Labute approximate surface area is 202 Å². The minimum absolute atomic E-state index is 0.0617. The second-order valence-electron chi connectivity index (χ2n) is 8.49. The zero-order chi connectivity index (χ0) is 24.0. The molecule has 1 saturated heterocycles. The van der Waals surface area contributed by atoms with Gasteiger partial charge in [0.1, 0.15) is 16.8 Å². The van der Waals surface area contributed by atoms with Crippen LogP contribution >= 0.6 is 7.44 Å². The zero-order valence-electron chi connectivity index (χ0n) is 20.6. The van der Waals surface area contributed by atoms with Crippen molar-refractivity contribution in [1.29, 1.82) is 0 Å². The molecule has 3 rings (SSSR count). The number of benzene rings is 2. The highest BCUT2D eigenvalue weighted by atomic mass is 32.2. The van der Waals surface area contributed by atoms with Gasteiger partial charge < -0.3 is 0 Å². The topological polar surface area (TPSA) is 55.7 Å². The first kappa shape index (κ1) is 26.3. The summed E-state index contributed by atoms with van der Waals surface area (Å²) in [5, 5.41) is 0. The Bertz CT molecular complexity index is 933. The molecule has 0 saturated carbocycles. The summed E-state index contributed by atoms with van der Waals surface area (Å²) in [6.45, 7) is 14.6. The molecule has 0 aromatic heterocycles. The van der Waals surface area contributed by atoms with Gasteiger partial charge in [0.2, 0.25) is 7.44 Å². The second-order valence-corrected chi connectivity index (χ2v) is 12.6. The van der Waals surface area contributed by atoms with E-state index in [1.165, 1.54) is 5.56 Å². The highest BCUT2D eigenvalue weighted by molar-refractivity contribution is 7.83. The lowest BCUT2D eigenvalue weighted by Gasteiger charge is -2.42. The molecular weight excluding hydrogens is 451 g/mol. The summed E-state index contributed by atoms with van der Waals surface area (Å²) in [7, 11) is -4.50. The smallest absolute Gasteiger partial charge is 0.235 e. The highest BCUT2D eigenvalue weighted by Gasteiger charge is 2.53. The van der Waals surface area contributed by atoms with Gasteiger partial charge in [-0.05, 0) is 24.6 Å². The van der Waals surface area contributed by atoms with Crippen LogP contribution < -0.4 is 4.72 Å². The number of hydrogen-bond acceptors (Lipinski definition) is 3. The third-order valence-electron chi connectivity index (χ3n) is 6.45. The Kier molecular flexibility index (Phi) is 9.45. The van der Waals surface area contributed by atoms with E-state index in [-0.39, 0.29) is 6.04 Å². The van der Waals surface area contributed by atoms with Crippen LogP contribution in [0.5, 0.6) is 0 Å². The molecule has 2 aromatic rings. The SMILES string of the molecule is CCN(CC)P(=O)([C@H](N[S@@](=O)c1ccc(C)cc1)[C@@H]1CN1Cc1ccccc1)N(CC)CC. The average molecular weight is 491 g/mol. The molecule has 0 bridgehead atoms. The molecule has 4 atom stereocenters. The molecule has 6 nitrogen and oxygen atoms in total. The first-order valence-corrected chi connectivity index (χ1v) is 14.8. The fourth-order valence-electron chi connectivity index (χ4n) is 4.49. The van der Waals surface area contributed by atoms with E-state index in [2.05, 4.69) is 58.8 Å². The fourth-order valence-corrected chi connectivity index (χ4v) is 9.64. The van der Waals surface area contributed by atoms with Crippen LogP contribution in [0.3, 0.4) is 0 Å². The predicted octanol–water partition coefficient (Wildman–Crippen LogP) is 4.69. The standard InChI is InChI=1S/C25H39N4O2PS/c1-6-28(7-2)32(30,29(8-3)9-4)25(26-33(31)23-17-15-21(5)16-18-23)24-20-27(24)19-22-13-11-10-12-14-22/h10-18,24-26H,6-9,19-20H2,1-5H3/t24-,25-,27?,33-/m0/s1. The molecule has 33 heavy (non-hydrogen) atoms. The molecule has 1 heterocycles. The number of aryl methyl sites for hydroxylation is 1. The van der Waals surface area contributed by atoms with Crippen LogP contribution in [0.15, 0.2) is 59.5 Å². The summed E-state index contributed by atoms with van der Waals surface area (Å²) < 4.78 is 35.9. The predicted molar refractivity (Wildman–Crippen MR) is 139 cm³/mol. The van der Waals surface area contributed by atoms with Crippen molar-refractivity contribution in [2.75, 3.05) is 32.7 Å². The van der Waals surface area contributed by atoms with Crippen molar-refractivity contribution >= 4 is 18.4 Å². The first-order chi connectivity index (χ1) is 15.9. The van der Waals surface area contributed by atoms with Gasteiger partial charge in [0.15, 0.2) is 0 Å². The summed E-state index contributed by atoms with van der Waals surface area (Å²) in [5.74, 6) is -0.414. The molecule has 1 aliphatic rings. The summed E-state index contributed by atoms with van der Waals surface area (Å²) in [4.78, 5) is 3.05. The second kappa shape index (κ2) is 11.9. The minimum Gasteiger partial charge on any atom is -0.291 e. The molecule has 8 heteroatoms. The maximum absolute atomic E-state index is 15.0. The van der Waals surface area contributed by atoms with Crippen LogP contribution in [0.25, 0.3) is 0 Å². The molecule has 0 amide bonds. The van der Waals surface area contributed by atoms with E-state index in [1.54, 1.807) is 0 Å². The highest BCUT2D eigenvalue weighted by Crippen LogP contribution is 2.59. The number of hydrogen-bond donors (Lipinski definition) is 1. The van der Waals surface area contributed by atoms with Crippen molar-refractivity contribution in [3.8, 4) is 0 Å². The van der Waals surface area contributed by atoms with Crippen LogP contribution in [-0.4, -0.2) is 63.0 Å². The van der Waals surface area contributed by atoms with Crippen molar-refractivity contribution in [1.82, 2.24) is 19.0 Å². The molecule has 1 fully saturated rings. The van der Waals surface area contributed by atoms with Crippen molar-refractivity contribution in [2.24, 2.45) is 0 Å². The van der Waals surface area contributed by atoms with Gasteiger partial charge in [0, 0.05) is 45.3 Å². The van der Waals surface area contributed by atoms with Gasteiger partial charge in [-0.25, -0.2) is 18.3 Å². The number of nitrogens with one attached hydrogen (secondary N) is 1. The first-order valence-electron chi connectivity index (χ1n) is 12.0. The van der Waals surface area contributed by atoms with E-state index in [1.807, 2.05) is 49.4 Å². The van der Waals surface area contributed by atoms with Crippen LogP contribution in [0.2, 0.25) is 0 Å². The average Bonchev–Trinajstić information content (AvgIpc) is 3.58. The Balaban J connectivity index is 1.95. The van der Waals surface area contributed by atoms with Crippen LogP contribution in [-0.2, 0) is 22.1 Å². The third kappa shape index (κ3) is 6.02. The van der Waals surface area contributed by atoms with Gasteiger partial charge in [-0.1, -0.05) is 75.7 Å². The van der Waals surface area contributed by atoms with E-state index in [0.717, 1.165) is 18.7 Å². The maximum Gasteiger partial charge on any atom is 0.235 e. The summed E-state index contributed by atoms with van der Waals surface area (Å²) in [5.41, 5.74) is 2.36. The van der Waals surface area contributed by atoms with Crippen LogP contribution in [0.1, 0.15) is 38.8 Å². The lowest BCUT2D eigenvalue weighted by molar-refractivity contribution is 0.339. The summed E-state index contributed by atoms with van der Waals surface area (Å²) >= 11 is 0. The molecule has 1 N–H and O–H groups in total. The van der Waals surface area contributed by atoms with E-state index in [0.29, 0.717) is 31.1 Å². The van der Waals surface area contributed by atoms with Gasteiger partial charge >= 0.3 is 0 Å². The maximum atomic E-state index is 15.0. The monoisotopic (exact) mass is 490 g/mol. The number of rotatable bonds is 13. The van der Waals surface area contributed by atoms with Crippen molar-refractivity contribution in [3.63, 3.8) is 0 Å². The Morgan fingerprint density at radius 2 is 1.52 bits per heavy atom. The molecule has 0 radical (unpaired) electrons. The van der Waals surface area contributed by atoms with E-state index < -0.39 is 24.2 Å². The summed E-state index contributed by atoms with van der Waals surface area (Å²) in [6.07, 6.45) is 0. The third-order valence-corrected chi connectivity index (χ3v) is 11.7. The molecule has 1 unspecified atom stereocenters. The molecule has 1 aliphatic heterocycles. The largest absolute Gasteiger partial charge is 0.291 e. The van der Waals surface area contributed by atoms with Crippen molar-refractivity contribution in [3.05, 3.63) is 65.7 Å².